The molecule has 0 fully saturated rings. The highest BCUT2D eigenvalue weighted by Gasteiger charge is 2.31. The van der Waals surface area contributed by atoms with Gasteiger partial charge in [-0.15, -0.1) is 0 Å². The molecule has 0 amide bonds. The standard InChI is InChI=1S/C21H20FN7O2S/c1-3-29(18-6-4-5-17-15(18)10-24-27-17)20-16(22)11-23-21(26-20)25-14-8-7-13-12-28(2)32(30,31)19(13)9-14/h4-11H,3,12H2,1-2H3,(H,24,27)(H,23,25,26). The predicted octanol–water partition coefficient (Wildman–Crippen LogP) is 3.53. The van der Waals surface area contributed by atoms with Crippen molar-refractivity contribution in [3.05, 3.63) is 60.2 Å². The van der Waals surface area contributed by atoms with Gasteiger partial charge in [0.05, 0.1) is 28.5 Å². The smallest absolute Gasteiger partial charge is 0.243 e. The van der Waals surface area contributed by atoms with Gasteiger partial charge < -0.3 is 10.2 Å². The summed E-state index contributed by atoms with van der Waals surface area (Å²) < 4.78 is 41.0. The van der Waals surface area contributed by atoms with Gasteiger partial charge in [-0.25, -0.2) is 17.8 Å². The van der Waals surface area contributed by atoms with Gasteiger partial charge in [0, 0.05) is 31.2 Å². The number of H-pyrrole nitrogens is 1. The van der Waals surface area contributed by atoms with E-state index in [-0.39, 0.29) is 16.7 Å². The van der Waals surface area contributed by atoms with E-state index in [2.05, 4.69) is 25.5 Å². The number of hydrogen-bond donors (Lipinski definition) is 2. The SMILES string of the molecule is CCN(c1nc(Nc2ccc3c(c2)S(=O)(=O)N(C)C3)ncc1F)c1cccc2[nH]ncc12. The fourth-order valence-electron chi connectivity index (χ4n) is 3.85. The lowest BCUT2D eigenvalue weighted by molar-refractivity contribution is 0.488. The number of halogens is 1. The van der Waals surface area contributed by atoms with Crippen molar-refractivity contribution in [2.75, 3.05) is 23.8 Å². The maximum atomic E-state index is 14.8. The van der Waals surface area contributed by atoms with Gasteiger partial charge in [0.25, 0.3) is 0 Å². The van der Waals surface area contributed by atoms with Crippen LogP contribution >= 0.6 is 0 Å². The summed E-state index contributed by atoms with van der Waals surface area (Å²) in [7, 11) is -1.97. The molecule has 2 N–H and O–H groups in total. The Bertz CT molecular complexity index is 1440. The Labute approximate surface area is 184 Å². The van der Waals surface area contributed by atoms with Crippen LogP contribution in [0.3, 0.4) is 0 Å². The van der Waals surface area contributed by atoms with E-state index in [1.54, 1.807) is 29.3 Å². The molecule has 5 rings (SSSR count). The molecule has 11 heteroatoms. The number of aromatic nitrogens is 4. The average Bonchev–Trinajstić information content (AvgIpc) is 3.34. The van der Waals surface area contributed by atoms with E-state index in [1.807, 2.05) is 25.1 Å². The van der Waals surface area contributed by atoms with Crippen LogP contribution in [0, 0.1) is 5.82 Å². The monoisotopic (exact) mass is 453 g/mol. The molecule has 0 bridgehead atoms. The molecule has 4 aromatic rings. The molecule has 1 aliphatic rings. The molecule has 0 unspecified atom stereocenters. The van der Waals surface area contributed by atoms with Crippen LogP contribution in [0.15, 0.2) is 53.7 Å². The highest BCUT2D eigenvalue weighted by Crippen LogP contribution is 2.34. The van der Waals surface area contributed by atoms with E-state index < -0.39 is 15.8 Å². The Hall–Kier alpha value is -3.57. The van der Waals surface area contributed by atoms with Crippen molar-refractivity contribution < 1.29 is 12.8 Å². The topological polar surface area (TPSA) is 107 Å². The Morgan fingerprint density at radius 1 is 1.25 bits per heavy atom. The molecule has 3 heterocycles. The number of nitrogens with one attached hydrogen (secondary N) is 2. The average molecular weight is 454 g/mol. The van der Waals surface area contributed by atoms with E-state index in [4.69, 9.17) is 0 Å². The Morgan fingerprint density at radius 3 is 2.91 bits per heavy atom. The van der Waals surface area contributed by atoms with Gasteiger partial charge in [0.1, 0.15) is 0 Å². The number of anilines is 4. The van der Waals surface area contributed by atoms with Gasteiger partial charge in [-0.2, -0.15) is 14.4 Å². The molecule has 0 saturated heterocycles. The van der Waals surface area contributed by atoms with E-state index in [9.17, 15) is 12.8 Å². The molecule has 2 aromatic heterocycles. The largest absolute Gasteiger partial charge is 0.324 e. The Morgan fingerprint density at radius 2 is 2.09 bits per heavy atom. The number of hydrogen-bond acceptors (Lipinski definition) is 7. The van der Waals surface area contributed by atoms with Gasteiger partial charge in [-0.05, 0) is 36.8 Å². The molecule has 2 aromatic carbocycles. The summed E-state index contributed by atoms with van der Waals surface area (Å²) in [5, 5.41) is 10.8. The highest BCUT2D eigenvalue weighted by molar-refractivity contribution is 7.89. The number of aromatic amines is 1. The summed E-state index contributed by atoms with van der Waals surface area (Å²) in [4.78, 5) is 10.4. The zero-order chi connectivity index (χ0) is 22.5. The Balaban J connectivity index is 1.51. The first-order valence-electron chi connectivity index (χ1n) is 9.97. The summed E-state index contributed by atoms with van der Waals surface area (Å²) in [6.45, 7) is 2.69. The lowest BCUT2D eigenvalue weighted by Gasteiger charge is -2.23. The lowest BCUT2D eigenvalue weighted by Crippen LogP contribution is -2.20. The first-order valence-corrected chi connectivity index (χ1v) is 11.4. The second-order valence-corrected chi connectivity index (χ2v) is 9.44. The number of sulfonamides is 1. The van der Waals surface area contributed by atoms with Crippen molar-refractivity contribution in [3.8, 4) is 0 Å². The van der Waals surface area contributed by atoms with Crippen molar-refractivity contribution in [1.82, 2.24) is 24.5 Å². The van der Waals surface area contributed by atoms with Crippen LogP contribution in [0.25, 0.3) is 10.9 Å². The van der Waals surface area contributed by atoms with Crippen molar-refractivity contribution in [1.29, 1.82) is 0 Å². The minimum absolute atomic E-state index is 0.104. The number of rotatable bonds is 5. The molecule has 0 saturated carbocycles. The summed E-state index contributed by atoms with van der Waals surface area (Å²) in [5.74, 6) is -0.314. The van der Waals surface area contributed by atoms with E-state index in [1.165, 1.54) is 11.4 Å². The molecular weight excluding hydrogens is 433 g/mol. The maximum Gasteiger partial charge on any atom is 0.243 e. The van der Waals surface area contributed by atoms with Crippen LogP contribution in [-0.2, 0) is 16.6 Å². The van der Waals surface area contributed by atoms with Gasteiger partial charge in [0.2, 0.25) is 16.0 Å². The molecule has 1 aliphatic heterocycles. The Kier molecular flexibility index (Phi) is 4.79. The van der Waals surface area contributed by atoms with Crippen LogP contribution in [0.5, 0.6) is 0 Å². The minimum atomic E-state index is -3.51. The molecule has 0 aliphatic carbocycles. The maximum absolute atomic E-state index is 14.8. The van der Waals surface area contributed by atoms with E-state index in [0.717, 1.165) is 28.4 Å². The normalized spacial score (nSPS) is 15.1. The van der Waals surface area contributed by atoms with Crippen LogP contribution in [0.1, 0.15) is 12.5 Å². The van der Waals surface area contributed by atoms with Crippen LogP contribution in [0.4, 0.5) is 27.5 Å². The number of benzene rings is 2. The summed E-state index contributed by atoms with van der Waals surface area (Å²) in [6, 6.07) is 10.7. The first-order chi connectivity index (χ1) is 15.4. The fraction of sp³-hybridized carbons (Fsp3) is 0.190. The number of fused-ring (bicyclic) bond motifs is 2. The zero-order valence-corrected chi connectivity index (χ0v) is 18.2. The number of nitrogens with zero attached hydrogens (tertiary/aromatic N) is 5. The van der Waals surface area contributed by atoms with Crippen molar-refractivity contribution >= 4 is 44.1 Å². The van der Waals surface area contributed by atoms with E-state index >= 15 is 0 Å². The fourth-order valence-corrected chi connectivity index (χ4v) is 5.24. The second kappa shape index (κ2) is 7.53. The molecule has 9 nitrogen and oxygen atoms in total. The minimum Gasteiger partial charge on any atom is -0.324 e. The summed E-state index contributed by atoms with van der Waals surface area (Å²) in [6.07, 6.45) is 2.79. The van der Waals surface area contributed by atoms with Crippen LogP contribution in [-0.4, -0.2) is 46.5 Å². The van der Waals surface area contributed by atoms with Gasteiger partial charge in [-0.1, -0.05) is 12.1 Å². The van der Waals surface area contributed by atoms with Gasteiger partial charge in [-0.3, -0.25) is 5.10 Å². The highest BCUT2D eigenvalue weighted by atomic mass is 32.2. The summed E-state index contributed by atoms with van der Waals surface area (Å²) >= 11 is 0. The van der Waals surface area contributed by atoms with E-state index in [0.29, 0.717) is 18.8 Å². The lowest BCUT2D eigenvalue weighted by atomic mass is 10.2. The quantitative estimate of drug-likeness (QED) is 0.476. The third kappa shape index (κ3) is 3.26. The molecule has 0 spiro atoms. The second-order valence-electron chi connectivity index (χ2n) is 7.43. The third-order valence-corrected chi connectivity index (χ3v) is 7.34. The van der Waals surface area contributed by atoms with Crippen molar-refractivity contribution in [3.63, 3.8) is 0 Å². The van der Waals surface area contributed by atoms with Crippen molar-refractivity contribution in [2.24, 2.45) is 0 Å². The first kappa shape index (κ1) is 20.3. The summed E-state index contributed by atoms with van der Waals surface area (Å²) in [5.41, 5.74) is 2.82. The van der Waals surface area contributed by atoms with Crippen LogP contribution < -0.4 is 10.2 Å². The molecular formula is C21H20FN7O2S. The zero-order valence-electron chi connectivity index (χ0n) is 17.4. The van der Waals surface area contributed by atoms with Crippen molar-refractivity contribution in [2.45, 2.75) is 18.4 Å². The molecule has 0 radical (unpaired) electrons. The molecule has 32 heavy (non-hydrogen) atoms. The molecule has 0 atom stereocenters. The van der Waals surface area contributed by atoms with Gasteiger partial charge in [0.15, 0.2) is 11.6 Å². The van der Waals surface area contributed by atoms with Crippen LogP contribution in [0.2, 0.25) is 0 Å². The predicted molar refractivity (Wildman–Crippen MR) is 119 cm³/mol. The third-order valence-electron chi connectivity index (χ3n) is 5.45. The van der Waals surface area contributed by atoms with Gasteiger partial charge >= 0.3 is 0 Å². The molecule has 164 valence electrons.